The summed E-state index contributed by atoms with van der Waals surface area (Å²) in [5, 5.41) is 0.691. The Morgan fingerprint density at radius 1 is 1.35 bits per heavy atom. The van der Waals surface area contributed by atoms with Crippen molar-refractivity contribution in [3.8, 4) is 11.4 Å². The molecule has 0 saturated heterocycles. The smallest absolute Gasteiger partial charge is 0.159 e. The third-order valence-corrected chi connectivity index (χ3v) is 3.29. The Morgan fingerprint density at radius 3 is 3.06 bits per heavy atom. The molecule has 17 heavy (non-hydrogen) atoms. The lowest BCUT2D eigenvalue weighted by molar-refractivity contribution is 0.698. The summed E-state index contributed by atoms with van der Waals surface area (Å²) in [6, 6.07) is 7.60. The zero-order valence-corrected chi connectivity index (χ0v) is 9.98. The molecule has 3 rings (SSSR count). The molecule has 4 heteroatoms. The van der Waals surface area contributed by atoms with Gasteiger partial charge in [-0.05, 0) is 30.5 Å². The molecule has 86 valence electrons. The second-order valence-electron chi connectivity index (χ2n) is 4.26. The molecule has 0 radical (unpaired) electrons. The van der Waals surface area contributed by atoms with Gasteiger partial charge in [-0.25, -0.2) is 9.97 Å². The first kappa shape index (κ1) is 10.7. The van der Waals surface area contributed by atoms with Crippen molar-refractivity contribution in [2.24, 2.45) is 5.73 Å². The van der Waals surface area contributed by atoms with Crippen molar-refractivity contribution < 1.29 is 0 Å². The third kappa shape index (κ3) is 1.92. The van der Waals surface area contributed by atoms with E-state index in [4.69, 9.17) is 17.3 Å². The van der Waals surface area contributed by atoms with E-state index in [1.165, 1.54) is 5.56 Å². The Bertz CT molecular complexity index is 568. The Labute approximate surface area is 105 Å². The monoisotopic (exact) mass is 245 g/mol. The Hall–Kier alpha value is -1.45. The van der Waals surface area contributed by atoms with Crippen molar-refractivity contribution in [1.29, 1.82) is 0 Å². The summed E-state index contributed by atoms with van der Waals surface area (Å²) >= 11 is 5.96. The highest BCUT2D eigenvalue weighted by atomic mass is 35.5. The van der Waals surface area contributed by atoms with Crippen LogP contribution in [-0.4, -0.2) is 9.97 Å². The van der Waals surface area contributed by atoms with Crippen molar-refractivity contribution >= 4 is 11.6 Å². The molecule has 1 aromatic carbocycles. The van der Waals surface area contributed by atoms with Crippen LogP contribution < -0.4 is 5.73 Å². The van der Waals surface area contributed by atoms with Crippen molar-refractivity contribution in [3.63, 3.8) is 0 Å². The molecular formula is C13H12ClN3. The van der Waals surface area contributed by atoms with Crippen LogP contribution in [0.5, 0.6) is 0 Å². The van der Waals surface area contributed by atoms with Crippen LogP contribution >= 0.6 is 11.6 Å². The first-order chi connectivity index (χ1) is 8.24. The van der Waals surface area contributed by atoms with Crippen LogP contribution in [0.2, 0.25) is 5.02 Å². The van der Waals surface area contributed by atoms with E-state index in [2.05, 4.69) is 9.97 Å². The fourth-order valence-electron chi connectivity index (χ4n) is 2.15. The Kier molecular flexibility index (Phi) is 2.57. The minimum atomic E-state index is 0.0472. The summed E-state index contributed by atoms with van der Waals surface area (Å²) in [6.45, 7) is 0. The normalized spacial score (nSPS) is 18.1. The van der Waals surface area contributed by atoms with Gasteiger partial charge in [0.2, 0.25) is 0 Å². The van der Waals surface area contributed by atoms with Crippen LogP contribution in [0.15, 0.2) is 30.5 Å². The fraction of sp³-hybridized carbons (Fsp3) is 0.231. The zero-order valence-electron chi connectivity index (χ0n) is 9.23. The summed E-state index contributed by atoms with van der Waals surface area (Å²) in [4.78, 5) is 8.92. The van der Waals surface area contributed by atoms with E-state index in [0.717, 1.165) is 24.1 Å². The number of hydrogen-bond donors (Lipinski definition) is 1. The van der Waals surface area contributed by atoms with E-state index < -0.39 is 0 Å². The van der Waals surface area contributed by atoms with Gasteiger partial charge in [0.1, 0.15) is 0 Å². The molecule has 1 aliphatic carbocycles. The maximum atomic E-state index is 6.01. The van der Waals surface area contributed by atoms with E-state index >= 15 is 0 Å². The van der Waals surface area contributed by atoms with E-state index in [1.807, 2.05) is 30.5 Å². The summed E-state index contributed by atoms with van der Waals surface area (Å²) in [5.74, 6) is 0.698. The fourth-order valence-corrected chi connectivity index (χ4v) is 2.34. The number of fused-ring (bicyclic) bond motifs is 1. The van der Waals surface area contributed by atoms with E-state index in [0.29, 0.717) is 10.8 Å². The minimum absolute atomic E-state index is 0.0472. The number of nitrogens with two attached hydrogens (primary N) is 1. The molecule has 0 bridgehead atoms. The molecule has 3 nitrogen and oxygen atoms in total. The van der Waals surface area contributed by atoms with Gasteiger partial charge in [-0.15, -0.1) is 0 Å². The molecule has 0 aliphatic heterocycles. The van der Waals surface area contributed by atoms with Gasteiger partial charge in [-0.3, -0.25) is 0 Å². The van der Waals surface area contributed by atoms with Gasteiger partial charge in [0, 0.05) is 22.8 Å². The van der Waals surface area contributed by atoms with Crippen LogP contribution in [0, 0.1) is 0 Å². The van der Waals surface area contributed by atoms with Gasteiger partial charge in [-0.2, -0.15) is 0 Å². The van der Waals surface area contributed by atoms with Gasteiger partial charge in [0.15, 0.2) is 5.82 Å². The number of nitrogens with zero attached hydrogens (tertiary/aromatic N) is 2. The van der Waals surface area contributed by atoms with Gasteiger partial charge in [-0.1, -0.05) is 23.7 Å². The van der Waals surface area contributed by atoms with Crippen molar-refractivity contribution in [2.45, 2.75) is 18.9 Å². The average Bonchev–Trinajstić information content (AvgIpc) is 2.71. The summed E-state index contributed by atoms with van der Waals surface area (Å²) in [5.41, 5.74) is 9.09. The van der Waals surface area contributed by atoms with E-state index in [-0.39, 0.29) is 6.04 Å². The minimum Gasteiger partial charge on any atom is -0.323 e. The predicted molar refractivity (Wildman–Crippen MR) is 67.7 cm³/mol. The van der Waals surface area contributed by atoms with Crippen LogP contribution in [0.1, 0.15) is 23.7 Å². The Balaban J connectivity index is 2.08. The third-order valence-electron chi connectivity index (χ3n) is 3.06. The lowest BCUT2D eigenvalue weighted by Gasteiger charge is -2.06. The quantitative estimate of drug-likeness (QED) is 0.841. The molecule has 1 atom stereocenters. The van der Waals surface area contributed by atoms with Gasteiger partial charge < -0.3 is 5.73 Å². The molecule has 1 aliphatic rings. The number of hydrogen-bond acceptors (Lipinski definition) is 3. The summed E-state index contributed by atoms with van der Waals surface area (Å²) in [7, 11) is 0. The lowest BCUT2D eigenvalue weighted by Crippen LogP contribution is -2.08. The van der Waals surface area contributed by atoms with Crippen LogP contribution in [0.3, 0.4) is 0 Å². The molecule has 0 amide bonds. The highest BCUT2D eigenvalue weighted by molar-refractivity contribution is 6.30. The summed E-state index contributed by atoms with van der Waals surface area (Å²) in [6.07, 6.45) is 3.82. The first-order valence-electron chi connectivity index (χ1n) is 5.61. The van der Waals surface area contributed by atoms with Crippen molar-refractivity contribution in [2.75, 3.05) is 0 Å². The number of halogens is 1. The molecule has 2 aromatic rings. The van der Waals surface area contributed by atoms with Gasteiger partial charge >= 0.3 is 0 Å². The second-order valence-corrected chi connectivity index (χ2v) is 4.70. The van der Waals surface area contributed by atoms with Gasteiger partial charge in [0.05, 0.1) is 5.69 Å². The number of aromatic nitrogens is 2. The lowest BCUT2D eigenvalue weighted by atomic mass is 10.2. The highest BCUT2D eigenvalue weighted by Crippen LogP contribution is 2.29. The molecule has 0 fully saturated rings. The maximum absolute atomic E-state index is 6.01. The molecule has 2 N–H and O–H groups in total. The first-order valence-corrected chi connectivity index (χ1v) is 5.99. The van der Waals surface area contributed by atoms with E-state index in [9.17, 15) is 0 Å². The standard InChI is InChI=1S/C13H12ClN3/c14-10-3-1-2-8(6-10)13-16-7-9-4-5-11(15)12(9)17-13/h1-3,6-7,11H,4-5,15H2. The van der Waals surface area contributed by atoms with E-state index in [1.54, 1.807) is 0 Å². The van der Waals surface area contributed by atoms with Crippen LogP contribution in [0.4, 0.5) is 0 Å². The molecule has 1 unspecified atom stereocenters. The number of aryl methyl sites for hydroxylation is 1. The molecular weight excluding hydrogens is 234 g/mol. The number of rotatable bonds is 1. The van der Waals surface area contributed by atoms with Crippen molar-refractivity contribution in [1.82, 2.24) is 9.97 Å². The largest absolute Gasteiger partial charge is 0.323 e. The highest BCUT2D eigenvalue weighted by Gasteiger charge is 2.21. The molecule has 1 aromatic heterocycles. The van der Waals surface area contributed by atoms with Crippen LogP contribution in [-0.2, 0) is 6.42 Å². The second kappa shape index (κ2) is 4.09. The van der Waals surface area contributed by atoms with Gasteiger partial charge in [0.25, 0.3) is 0 Å². The molecule has 0 saturated carbocycles. The zero-order chi connectivity index (χ0) is 11.8. The SMILES string of the molecule is NC1CCc2cnc(-c3cccc(Cl)c3)nc21. The molecule has 1 heterocycles. The summed E-state index contributed by atoms with van der Waals surface area (Å²) < 4.78 is 0. The Morgan fingerprint density at radius 2 is 2.24 bits per heavy atom. The number of benzene rings is 1. The average molecular weight is 246 g/mol. The maximum Gasteiger partial charge on any atom is 0.159 e. The van der Waals surface area contributed by atoms with Crippen molar-refractivity contribution in [3.05, 3.63) is 46.7 Å². The van der Waals surface area contributed by atoms with Crippen LogP contribution in [0.25, 0.3) is 11.4 Å². The predicted octanol–water partition coefficient (Wildman–Crippen LogP) is 2.74. The topological polar surface area (TPSA) is 51.8 Å². The molecule has 0 spiro atoms.